The summed E-state index contributed by atoms with van der Waals surface area (Å²) in [6, 6.07) is 1.76. The molecule has 3 rings (SSSR count). The Balaban J connectivity index is 1.32. The van der Waals surface area contributed by atoms with E-state index < -0.39 is 10.0 Å². The molecular weight excluding hydrogens is 378 g/mol. The van der Waals surface area contributed by atoms with E-state index in [1.165, 1.54) is 30.0 Å². The molecule has 1 aromatic rings. The van der Waals surface area contributed by atoms with Crippen LogP contribution >= 0.6 is 0 Å². The molecule has 8 nitrogen and oxygen atoms in total. The Morgan fingerprint density at radius 2 is 1.79 bits per heavy atom. The zero-order valence-electron chi connectivity index (χ0n) is 16.4. The molecule has 1 N–H and O–H groups in total. The molecule has 0 atom stereocenters. The van der Waals surface area contributed by atoms with Gasteiger partial charge in [-0.3, -0.25) is 4.79 Å². The predicted octanol–water partition coefficient (Wildman–Crippen LogP) is 1.41. The van der Waals surface area contributed by atoms with Crippen LogP contribution in [-0.4, -0.2) is 67.1 Å². The van der Waals surface area contributed by atoms with E-state index in [0.29, 0.717) is 57.4 Å². The summed E-state index contributed by atoms with van der Waals surface area (Å²) in [6.45, 7) is 2.46. The van der Waals surface area contributed by atoms with Crippen molar-refractivity contribution in [1.82, 2.24) is 19.6 Å². The van der Waals surface area contributed by atoms with Gasteiger partial charge in [0.1, 0.15) is 0 Å². The minimum atomic E-state index is -3.30. The number of aromatic nitrogens is 2. The maximum atomic E-state index is 12.5. The molecule has 2 fully saturated rings. The van der Waals surface area contributed by atoms with Crippen molar-refractivity contribution in [2.24, 2.45) is 5.92 Å². The highest BCUT2D eigenvalue weighted by molar-refractivity contribution is 7.89. The van der Waals surface area contributed by atoms with Crippen molar-refractivity contribution in [3.63, 3.8) is 0 Å². The fraction of sp³-hybridized carbons (Fsp3) is 0.737. The van der Waals surface area contributed by atoms with Crippen molar-refractivity contribution in [2.45, 2.75) is 44.9 Å². The van der Waals surface area contributed by atoms with Gasteiger partial charge in [-0.05, 0) is 24.8 Å². The number of carbonyl (C=O) groups is 1. The molecule has 0 bridgehead atoms. The predicted molar refractivity (Wildman–Crippen MR) is 108 cm³/mol. The lowest BCUT2D eigenvalue weighted by molar-refractivity contribution is -0.121. The molecule has 1 aliphatic heterocycles. The number of amides is 1. The van der Waals surface area contributed by atoms with Gasteiger partial charge in [0.2, 0.25) is 21.9 Å². The first-order valence-electron chi connectivity index (χ1n) is 10.3. The van der Waals surface area contributed by atoms with Gasteiger partial charge in [0.25, 0.3) is 0 Å². The van der Waals surface area contributed by atoms with E-state index in [9.17, 15) is 13.2 Å². The summed E-state index contributed by atoms with van der Waals surface area (Å²) in [7, 11) is -3.30. The summed E-state index contributed by atoms with van der Waals surface area (Å²) in [5.41, 5.74) is 0. The number of sulfonamides is 1. The number of hydrogen-bond donors (Lipinski definition) is 1. The van der Waals surface area contributed by atoms with Crippen LogP contribution < -0.4 is 10.2 Å². The fourth-order valence-electron chi connectivity index (χ4n) is 3.95. The van der Waals surface area contributed by atoms with E-state index in [-0.39, 0.29) is 11.7 Å². The molecule has 1 aromatic heterocycles. The first-order chi connectivity index (χ1) is 13.5. The van der Waals surface area contributed by atoms with Gasteiger partial charge in [-0.1, -0.05) is 25.7 Å². The van der Waals surface area contributed by atoms with Crippen LogP contribution in [0.1, 0.15) is 44.9 Å². The molecule has 0 unspecified atom stereocenters. The first kappa shape index (κ1) is 21.0. The molecule has 1 amide bonds. The molecule has 2 heterocycles. The van der Waals surface area contributed by atoms with Gasteiger partial charge in [0, 0.05) is 51.5 Å². The van der Waals surface area contributed by atoms with Crippen LogP contribution in [0.15, 0.2) is 18.5 Å². The van der Waals surface area contributed by atoms with Crippen LogP contribution in [0.5, 0.6) is 0 Å². The normalized spacial score (nSPS) is 19.1. The second-order valence-corrected chi connectivity index (χ2v) is 9.73. The Morgan fingerprint density at radius 1 is 1.11 bits per heavy atom. The van der Waals surface area contributed by atoms with Crippen LogP contribution in [0.4, 0.5) is 5.95 Å². The molecule has 1 aliphatic carbocycles. The van der Waals surface area contributed by atoms with Gasteiger partial charge in [-0.15, -0.1) is 0 Å². The van der Waals surface area contributed by atoms with Crippen LogP contribution in [0.25, 0.3) is 0 Å². The topological polar surface area (TPSA) is 95.5 Å². The van der Waals surface area contributed by atoms with Crippen molar-refractivity contribution in [3.05, 3.63) is 18.5 Å². The summed E-state index contributed by atoms with van der Waals surface area (Å²) >= 11 is 0. The van der Waals surface area contributed by atoms with Gasteiger partial charge < -0.3 is 10.2 Å². The van der Waals surface area contributed by atoms with E-state index >= 15 is 0 Å². The third-order valence-electron chi connectivity index (χ3n) is 5.62. The Hall–Kier alpha value is -1.74. The second kappa shape index (κ2) is 10.2. The lowest BCUT2D eigenvalue weighted by Crippen LogP contribution is -2.49. The first-order valence-corrected chi connectivity index (χ1v) is 11.9. The Labute approximate surface area is 167 Å². The number of carbonyl (C=O) groups excluding carboxylic acids is 1. The summed E-state index contributed by atoms with van der Waals surface area (Å²) in [6.07, 6.45) is 10.4. The van der Waals surface area contributed by atoms with Crippen molar-refractivity contribution in [2.75, 3.05) is 43.4 Å². The molecule has 9 heteroatoms. The summed E-state index contributed by atoms with van der Waals surface area (Å²) in [5, 5.41) is 2.86. The van der Waals surface area contributed by atoms with Gasteiger partial charge in [0.05, 0.1) is 5.75 Å². The highest BCUT2D eigenvalue weighted by atomic mass is 32.2. The maximum Gasteiger partial charge on any atom is 0.225 e. The molecule has 28 heavy (non-hydrogen) atoms. The zero-order valence-corrected chi connectivity index (χ0v) is 17.2. The van der Waals surface area contributed by atoms with Crippen molar-refractivity contribution in [1.29, 1.82) is 0 Å². The van der Waals surface area contributed by atoms with E-state index in [1.54, 1.807) is 18.5 Å². The van der Waals surface area contributed by atoms with Gasteiger partial charge in [-0.25, -0.2) is 18.4 Å². The monoisotopic (exact) mass is 409 g/mol. The third-order valence-corrected chi connectivity index (χ3v) is 7.58. The number of nitrogens with zero attached hydrogens (tertiary/aromatic N) is 4. The Morgan fingerprint density at radius 3 is 2.46 bits per heavy atom. The molecule has 1 saturated carbocycles. The van der Waals surface area contributed by atoms with Gasteiger partial charge >= 0.3 is 0 Å². The van der Waals surface area contributed by atoms with Crippen molar-refractivity contribution < 1.29 is 13.2 Å². The van der Waals surface area contributed by atoms with E-state index in [1.807, 2.05) is 4.90 Å². The van der Waals surface area contributed by atoms with Crippen LogP contribution in [0.2, 0.25) is 0 Å². The van der Waals surface area contributed by atoms with E-state index in [0.717, 1.165) is 6.42 Å². The minimum absolute atomic E-state index is 0.0424. The Kier molecular flexibility index (Phi) is 7.61. The summed E-state index contributed by atoms with van der Waals surface area (Å²) < 4.78 is 26.6. The smallest absolute Gasteiger partial charge is 0.225 e. The van der Waals surface area contributed by atoms with Crippen LogP contribution in [0.3, 0.4) is 0 Å². The van der Waals surface area contributed by atoms with Gasteiger partial charge in [0.15, 0.2) is 0 Å². The molecule has 156 valence electrons. The molecule has 0 aromatic carbocycles. The molecule has 1 saturated heterocycles. The highest BCUT2D eigenvalue weighted by Crippen LogP contribution is 2.28. The number of rotatable bonds is 9. The quantitative estimate of drug-likeness (QED) is 0.620. The average Bonchev–Trinajstić information content (AvgIpc) is 3.24. The summed E-state index contributed by atoms with van der Waals surface area (Å²) in [4.78, 5) is 22.3. The fourth-order valence-corrected chi connectivity index (χ4v) is 5.44. The largest absolute Gasteiger partial charge is 0.356 e. The van der Waals surface area contributed by atoms with Crippen LogP contribution in [0, 0.1) is 5.92 Å². The molecule has 0 radical (unpaired) electrons. The number of piperazine rings is 1. The SMILES string of the molecule is O=C(CCC1CCCC1)NCCCS(=O)(=O)N1CCN(c2ncccn2)CC1. The molecule has 2 aliphatic rings. The Bertz CT molecular complexity index is 714. The lowest BCUT2D eigenvalue weighted by Gasteiger charge is -2.33. The average molecular weight is 410 g/mol. The molecular formula is C19H31N5O3S. The standard InChI is InChI=1S/C19H31N5O3S/c25-18(8-7-17-5-1-2-6-17)20-11-4-16-28(26,27)24-14-12-23(13-15-24)19-21-9-3-10-22-19/h3,9-10,17H,1-2,4-8,11-16H2,(H,20,25). The highest BCUT2D eigenvalue weighted by Gasteiger charge is 2.27. The van der Waals surface area contributed by atoms with Crippen molar-refractivity contribution in [3.8, 4) is 0 Å². The summed E-state index contributed by atoms with van der Waals surface area (Å²) in [5.74, 6) is 1.45. The number of anilines is 1. The minimum Gasteiger partial charge on any atom is -0.356 e. The van der Waals surface area contributed by atoms with Crippen molar-refractivity contribution >= 4 is 21.9 Å². The third kappa shape index (κ3) is 6.13. The van der Waals surface area contributed by atoms with E-state index in [4.69, 9.17) is 0 Å². The van der Waals surface area contributed by atoms with Crippen LogP contribution in [-0.2, 0) is 14.8 Å². The maximum absolute atomic E-state index is 12.5. The van der Waals surface area contributed by atoms with E-state index in [2.05, 4.69) is 15.3 Å². The molecule has 0 spiro atoms. The number of nitrogens with one attached hydrogen (secondary N) is 1. The zero-order chi connectivity index (χ0) is 19.8. The second-order valence-electron chi connectivity index (χ2n) is 7.64. The van der Waals surface area contributed by atoms with Gasteiger partial charge in [-0.2, -0.15) is 4.31 Å². The lowest BCUT2D eigenvalue weighted by atomic mass is 10.0. The number of hydrogen-bond acceptors (Lipinski definition) is 6.